The first kappa shape index (κ1) is 15.4. The van der Waals surface area contributed by atoms with Crippen LogP contribution in [0.2, 0.25) is 0 Å². The molecule has 0 bridgehead atoms. The summed E-state index contributed by atoms with van der Waals surface area (Å²) < 4.78 is 15.5. The van der Waals surface area contributed by atoms with Crippen LogP contribution in [0.4, 0.5) is 4.39 Å². The maximum Gasteiger partial charge on any atom is 0.137 e. The summed E-state index contributed by atoms with van der Waals surface area (Å²) in [4.78, 5) is 0. The van der Waals surface area contributed by atoms with E-state index >= 15 is 0 Å². The number of benzene rings is 2. The predicted molar refractivity (Wildman–Crippen MR) is 89.6 cm³/mol. The minimum absolute atomic E-state index is 0.296. The molecule has 1 N–H and O–H groups in total. The Labute approximate surface area is 141 Å². The van der Waals surface area contributed by atoms with Crippen molar-refractivity contribution in [2.24, 2.45) is 0 Å². The quantitative estimate of drug-likeness (QED) is 0.573. The maximum absolute atomic E-state index is 13.2. The lowest BCUT2D eigenvalue weighted by molar-refractivity contribution is 0.177. The lowest BCUT2D eigenvalue weighted by atomic mass is 10.0. The largest absolute Gasteiger partial charge is 0.388 e. The number of halogens is 4. The molecule has 0 amide bonds. The van der Waals surface area contributed by atoms with Crippen LogP contribution in [0.1, 0.15) is 17.2 Å². The second-order valence-electron chi connectivity index (χ2n) is 4.13. The van der Waals surface area contributed by atoms with Crippen LogP contribution >= 0.6 is 54.5 Å². The van der Waals surface area contributed by atoms with Crippen LogP contribution in [0.15, 0.2) is 45.3 Å². The normalized spacial score (nSPS) is 12.5. The van der Waals surface area contributed by atoms with Crippen LogP contribution in [0.25, 0.3) is 0 Å². The molecule has 5 heteroatoms. The van der Waals surface area contributed by atoms with Crippen molar-refractivity contribution in [2.75, 3.05) is 0 Å². The van der Waals surface area contributed by atoms with E-state index in [-0.39, 0.29) is 5.82 Å². The second kappa shape index (κ2) is 6.65. The molecule has 0 aliphatic rings. The van der Waals surface area contributed by atoms with Crippen molar-refractivity contribution < 1.29 is 9.50 Å². The van der Waals surface area contributed by atoms with Gasteiger partial charge in [-0.1, -0.05) is 22.0 Å². The van der Waals surface area contributed by atoms with Gasteiger partial charge in [-0.2, -0.15) is 0 Å². The summed E-state index contributed by atoms with van der Waals surface area (Å²) in [7, 11) is 0. The van der Waals surface area contributed by atoms with Gasteiger partial charge in [0.15, 0.2) is 0 Å². The summed E-state index contributed by atoms with van der Waals surface area (Å²) in [6.07, 6.45) is -0.160. The van der Waals surface area contributed by atoms with Crippen molar-refractivity contribution in [3.05, 3.63) is 65.9 Å². The molecule has 0 spiro atoms. The minimum atomic E-state index is -0.609. The summed E-state index contributed by atoms with van der Waals surface area (Å²) in [5.41, 5.74) is 1.76. The molecule has 0 aromatic heterocycles. The Hall–Kier alpha value is 0.0200. The first-order valence-electron chi connectivity index (χ1n) is 5.54. The second-order valence-corrected chi connectivity index (χ2v) is 7.07. The zero-order valence-corrected chi connectivity index (χ0v) is 15.0. The van der Waals surface area contributed by atoms with E-state index in [4.69, 9.17) is 0 Å². The van der Waals surface area contributed by atoms with E-state index in [0.717, 1.165) is 19.2 Å². The molecule has 19 heavy (non-hydrogen) atoms. The van der Waals surface area contributed by atoms with Crippen LogP contribution in [-0.4, -0.2) is 5.11 Å². The van der Waals surface area contributed by atoms with E-state index < -0.39 is 6.10 Å². The molecule has 0 radical (unpaired) electrons. The highest BCUT2D eigenvalue weighted by Gasteiger charge is 2.13. The Kier molecular flexibility index (Phi) is 5.39. The Balaban J connectivity index is 2.22. The van der Waals surface area contributed by atoms with Gasteiger partial charge in [-0.25, -0.2) is 4.39 Å². The molecule has 1 atom stereocenters. The van der Waals surface area contributed by atoms with Crippen LogP contribution in [0, 0.1) is 9.39 Å². The zero-order chi connectivity index (χ0) is 14.0. The fourth-order valence-corrected chi connectivity index (χ4v) is 3.27. The van der Waals surface area contributed by atoms with Crippen molar-refractivity contribution in [2.45, 2.75) is 12.5 Å². The summed E-state index contributed by atoms with van der Waals surface area (Å²) in [6.45, 7) is 0. The topological polar surface area (TPSA) is 20.2 Å². The van der Waals surface area contributed by atoms with Gasteiger partial charge in [0.05, 0.1) is 10.6 Å². The molecule has 2 rings (SSSR count). The lowest BCUT2D eigenvalue weighted by Gasteiger charge is -2.14. The Morgan fingerprint density at radius 1 is 1.16 bits per heavy atom. The van der Waals surface area contributed by atoms with Gasteiger partial charge in [-0.05, 0) is 80.0 Å². The van der Waals surface area contributed by atoms with Crippen molar-refractivity contribution in [3.8, 4) is 0 Å². The highest BCUT2D eigenvalue weighted by Crippen LogP contribution is 2.27. The van der Waals surface area contributed by atoms with Gasteiger partial charge < -0.3 is 5.11 Å². The van der Waals surface area contributed by atoms with Gasteiger partial charge in [0.2, 0.25) is 0 Å². The number of aliphatic hydroxyl groups excluding tert-OH is 1. The molecule has 0 aliphatic heterocycles. The van der Waals surface area contributed by atoms with E-state index in [1.807, 2.05) is 18.2 Å². The monoisotopic (exact) mass is 498 g/mol. The fraction of sp³-hybridized carbons (Fsp3) is 0.143. The summed E-state index contributed by atoms with van der Waals surface area (Å²) in [5, 5.41) is 10.3. The Morgan fingerprint density at radius 3 is 2.58 bits per heavy atom. The molecular weight excluding hydrogens is 490 g/mol. The lowest BCUT2D eigenvalue weighted by Crippen LogP contribution is -2.04. The maximum atomic E-state index is 13.2. The number of rotatable bonds is 3. The average Bonchev–Trinajstić information content (AvgIpc) is 2.36. The van der Waals surface area contributed by atoms with Crippen LogP contribution in [0.3, 0.4) is 0 Å². The smallest absolute Gasteiger partial charge is 0.137 e. The third-order valence-corrected chi connectivity index (χ3v) is 4.81. The van der Waals surface area contributed by atoms with Gasteiger partial charge in [0.1, 0.15) is 5.82 Å². The first-order chi connectivity index (χ1) is 8.97. The molecule has 0 aliphatic carbocycles. The number of aliphatic hydroxyl groups is 1. The standard InChI is InChI=1S/C14H10Br2FIO/c15-9-2-4-13(18)10(7-9)14(19)6-8-1-3-12(17)11(16)5-8/h1-5,7,14,19H,6H2. The van der Waals surface area contributed by atoms with Crippen molar-refractivity contribution >= 4 is 54.5 Å². The summed E-state index contributed by atoms with van der Waals surface area (Å²) in [6, 6.07) is 10.6. The molecule has 0 saturated heterocycles. The number of hydrogen-bond donors (Lipinski definition) is 1. The molecule has 1 unspecified atom stereocenters. The van der Waals surface area contributed by atoms with Gasteiger partial charge in [0.25, 0.3) is 0 Å². The molecule has 0 saturated carbocycles. The van der Waals surface area contributed by atoms with Crippen LogP contribution in [-0.2, 0) is 6.42 Å². The van der Waals surface area contributed by atoms with Gasteiger partial charge in [-0.15, -0.1) is 0 Å². The zero-order valence-electron chi connectivity index (χ0n) is 9.71. The SMILES string of the molecule is OC(Cc1ccc(F)c(Br)c1)c1cc(Br)ccc1I. The molecule has 0 heterocycles. The Morgan fingerprint density at radius 2 is 1.89 bits per heavy atom. The van der Waals surface area contributed by atoms with E-state index in [1.54, 1.807) is 12.1 Å². The molecule has 2 aromatic rings. The number of hydrogen-bond acceptors (Lipinski definition) is 1. The predicted octanol–water partition coefficient (Wildman–Crippen LogP) is 5.23. The van der Waals surface area contributed by atoms with E-state index in [2.05, 4.69) is 54.5 Å². The van der Waals surface area contributed by atoms with Crippen molar-refractivity contribution in [1.29, 1.82) is 0 Å². The molecule has 100 valence electrons. The summed E-state index contributed by atoms with van der Waals surface area (Å²) >= 11 is 8.75. The Bertz CT molecular complexity index is 604. The molecule has 0 fully saturated rings. The van der Waals surface area contributed by atoms with Gasteiger partial charge in [-0.3, -0.25) is 0 Å². The molecule has 1 nitrogen and oxygen atoms in total. The van der Waals surface area contributed by atoms with E-state index in [9.17, 15) is 9.50 Å². The minimum Gasteiger partial charge on any atom is -0.388 e. The van der Waals surface area contributed by atoms with Gasteiger partial charge in [0, 0.05) is 14.5 Å². The highest BCUT2D eigenvalue weighted by atomic mass is 127. The molecule has 2 aromatic carbocycles. The third kappa shape index (κ3) is 4.00. The first-order valence-corrected chi connectivity index (χ1v) is 8.21. The van der Waals surface area contributed by atoms with Gasteiger partial charge >= 0.3 is 0 Å². The van der Waals surface area contributed by atoms with E-state index in [0.29, 0.717) is 10.9 Å². The van der Waals surface area contributed by atoms with Crippen molar-refractivity contribution in [1.82, 2.24) is 0 Å². The van der Waals surface area contributed by atoms with E-state index in [1.165, 1.54) is 6.07 Å². The third-order valence-electron chi connectivity index (χ3n) is 2.73. The molecular formula is C14H10Br2FIO. The summed E-state index contributed by atoms with van der Waals surface area (Å²) in [5.74, 6) is -0.296. The van der Waals surface area contributed by atoms with Crippen LogP contribution in [0.5, 0.6) is 0 Å². The van der Waals surface area contributed by atoms with Crippen LogP contribution < -0.4 is 0 Å². The fourth-order valence-electron chi connectivity index (χ4n) is 1.77. The van der Waals surface area contributed by atoms with Crippen molar-refractivity contribution in [3.63, 3.8) is 0 Å². The highest BCUT2D eigenvalue weighted by molar-refractivity contribution is 14.1. The average molecular weight is 500 g/mol.